The zero-order valence-electron chi connectivity index (χ0n) is 21.7. The summed E-state index contributed by atoms with van der Waals surface area (Å²) in [6.45, 7) is 4.35. The summed E-state index contributed by atoms with van der Waals surface area (Å²) in [4.78, 5) is 26.4. The standard InChI is InChI=1S/C29H31F2N7O/c30-29(31)7-11-38(12-8-29)18-20-13-22(16-32-15-20)21-3-6-26-25(14-21)27(36-35-26)28(39)34-23-4-5-24(33-17-23)19-37-9-1-2-10-37/h3-6,13-17H,1-2,7-12,18-19H2,(H,34,39)(H,35,36). The van der Waals surface area contributed by atoms with Crippen LogP contribution in [0.3, 0.4) is 0 Å². The Hall–Kier alpha value is -3.76. The fourth-order valence-electron chi connectivity index (χ4n) is 5.35. The third-order valence-electron chi connectivity index (χ3n) is 7.57. The number of anilines is 1. The quantitative estimate of drug-likeness (QED) is 0.345. The van der Waals surface area contributed by atoms with Crippen LogP contribution in [0.4, 0.5) is 14.5 Å². The first kappa shape index (κ1) is 25.5. The van der Waals surface area contributed by atoms with Gasteiger partial charge in [0.15, 0.2) is 5.69 Å². The van der Waals surface area contributed by atoms with Gasteiger partial charge in [-0.05, 0) is 67.4 Å². The smallest absolute Gasteiger partial charge is 0.276 e. The van der Waals surface area contributed by atoms with Gasteiger partial charge < -0.3 is 5.32 Å². The number of hydrogen-bond acceptors (Lipinski definition) is 6. The Morgan fingerprint density at radius 2 is 1.72 bits per heavy atom. The molecule has 0 radical (unpaired) electrons. The molecule has 4 aromatic rings. The maximum Gasteiger partial charge on any atom is 0.276 e. The number of benzene rings is 1. The molecule has 1 amide bonds. The molecule has 2 fully saturated rings. The first-order valence-electron chi connectivity index (χ1n) is 13.4. The highest BCUT2D eigenvalue weighted by molar-refractivity contribution is 6.11. The lowest BCUT2D eigenvalue weighted by molar-refractivity contribution is -0.0566. The molecular weight excluding hydrogens is 500 g/mol. The molecule has 6 rings (SSSR count). The highest BCUT2D eigenvalue weighted by atomic mass is 19.3. The summed E-state index contributed by atoms with van der Waals surface area (Å²) in [6, 6.07) is 11.6. The van der Waals surface area contributed by atoms with Crippen LogP contribution in [-0.2, 0) is 13.1 Å². The van der Waals surface area contributed by atoms with Gasteiger partial charge in [0.05, 0.1) is 23.1 Å². The molecule has 0 bridgehead atoms. The molecule has 1 aromatic carbocycles. The van der Waals surface area contributed by atoms with Crippen LogP contribution in [0.5, 0.6) is 0 Å². The molecule has 3 aromatic heterocycles. The Labute approximate surface area is 225 Å². The molecule has 39 heavy (non-hydrogen) atoms. The number of likely N-dealkylation sites (tertiary alicyclic amines) is 2. The third kappa shape index (κ3) is 5.97. The minimum absolute atomic E-state index is 0.110. The second kappa shape index (κ2) is 10.8. The van der Waals surface area contributed by atoms with Gasteiger partial charge in [-0.3, -0.25) is 29.7 Å². The van der Waals surface area contributed by atoms with Crippen molar-refractivity contribution in [3.05, 3.63) is 71.9 Å². The lowest BCUT2D eigenvalue weighted by atomic mass is 10.0. The molecule has 0 aliphatic carbocycles. The number of alkyl halides is 2. The number of nitrogens with one attached hydrogen (secondary N) is 2. The number of rotatable bonds is 7. The number of amides is 1. The van der Waals surface area contributed by atoms with Crippen LogP contribution in [-0.4, -0.2) is 68.0 Å². The Bertz CT molecular complexity index is 1450. The van der Waals surface area contributed by atoms with Crippen molar-refractivity contribution in [2.24, 2.45) is 0 Å². The van der Waals surface area contributed by atoms with E-state index in [2.05, 4.69) is 30.4 Å². The number of hydrogen-bond donors (Lipinski definition) is 2. The van der Waals surface area contributed by atoms with E-state index in [-0.39, 0.29) is 18.7 Å². The van der Waals surface area contributed by atoms with E-state index in [0.717, 1.165) is 47.5 Å². The van der Waals surface area contributed by atoms with Crippen molar-refractivity contribution in [3.63, 3.8) is 0 Å². The van der Waals surface area contributed by atoms with Crippen molar-refractivity contribution >= 4 is 22.5 Å². The van der Waals surface area contributed by atoms with E-state index in [4.69, 9.17) is 0 Å². The van der Waals surface area contributed by atoms with E-state index in [1.807, 2.05) is 41.3 Å². The average Bonchev–Trinajstić information content (AvgIpc) is 3.61. The van der Waals surface area contributed by atoms with E-state index in [9.17, 15) is 13.6 Å². The lowest BCUT2D eigenvalue weighted by Crippen LogP contribution is -2.38. The Balaban J connectivity index is 1.16. The summed E-state index contributed by atoms with van der Waals surface area (Å²) in [5.41, 5.74) is 5.40. The fourth-order valence-corrected chi connectivity index (χ4v) is 5.35. The van der Waals surface area contributed by atoms with Crippen LogP contribution in [0.25, 0.3) is 22.0 Å². The van der Waals surface area contributed by atoms with E-state index in [1.54, 1.807) is 18.6 Å². The molecular formula is C29H31F2N7O. The summed E-state index contributed by atoms with van der Waals surface area (Å²) < 4.78 is 27.0. The number of fused-ring (bicyclic) bond motifs is 1. The van der Waals surface area contributed by atoms with E-state index >= 15 is 0 Å². The topological polar surface area (TPSA) is 90.0 Å². The largest absolute Gasteiger partial charge is 0.319 e. The SMILES string of the molecule is O=C(Nc1ccc(CN2CCCC2)nc1)c1n[nH]c2ccc(-c3cncc(CN4CCC(F)(F)CC4)c3)cc12. The second-order valence-electron chi connectivity index (χ2n) is 10.5. The van der Waals surface area contributed by atoms with Crippen molar-refractivity contribution in [2.45, 2.75) is 44.7 Å². The molecule has 0 atom stereocenters. The van der Waals surface area contributed by atoms with Gasteiger partial charge in [-0.25, -0.2) is 8.78 Å². The Morgan fingerprint density at radius 1 is 0.923 bits per heavy atom. The molecule has 0 saturated carbocycles. The van der Waals surface area contributed by atoms with Crippen LogP contribution >= 0.6 is 0 Å². The molecule has 2 N–H and O–H groups in total. The lowest BCUT2D eigenvalue weighted by Gasteiger charge is -2.31. The molecule has 8 nitrogen and oxygen atoms in total. The van der Waals surface area contributed by atoms with Gasteiger partial charge in [-0.1, -0.05) is 6.07 Å². The first-order chi connectivity index (χ1) is 18.9. The number of pyridine rings is 2. The van der Waals surface area contributed by atoms with E-state index < -0.39 is 5.92 Å². The average molecular weight is 532 g/mol. The minimum Gasteiger partial charge on any atom is -0.319 e. The number of halogens is 2. The van der Waals surface area contributed by atoms with E-state index in [0.29, 0.717) is 36.4 Å². The summed E-state index contributed by atoms with van der Waals surface area (Å²) in [5, 5.41) is 10.8. The van der Waals surface area contributed by atoms with Gasteiger partial charge in [0.25, 0.3) is 11.8 Å². The second-order valence-corrected chi connectivity index (χ2v) is 10.5. The molecule has 2 aliphatic heterocycles. The minimum atomic E-state index is -2.56. The van der Waals surface area contributed by atoms with Gasteiger partial charge in [-0.2, -0.15) is 5.10 Å². The molecule has 202 valence electrons. The van der Waals surface area contributed by atoms with Crippen molar-refractivity contribution in [3.8, 4) is 11.1 Å². The zero-order chi connectivity index (χ0) is 26.8. The van der Waals surface area contributed by atoms with Crippen LogP contribution in [0, 0.1) is 0 Å². The molecule has 0 unspecified atom stereocenters. The number of aromatic amines is 1. The number of carbonyl (C=O) groups excluding carboxylic acids is 1. The summed E-state index contributed by atoms with van der Waals surface area (Å²) in [7, 11) is 0. The predicted molar refractivity (Wildman–Crippen MR) is 145 cm³/mol. The summed E-state index contributed by atoms with van der Waals surface area (Å²) in [6.07, 6.45) is 7.47. The molecule has 2 saturated heterocycles. The van der Waals surface area contributed by atoms with E-state index in [1.165, 1.54) is 12.8 Å². The number of carbonyl (C=O) groups is 1. The van der Waals surface area contributed by atoms with Crippen molar-refractivity contribution in [2.75, 3.05) is 31.5 Å². The number of piperidine rings is 1. The van der Waals surface area contributed by atoms with Crippen molar-refractivity contribution in [1.29, 1.82) is 0 Å². The maximum atomic E-state index is 13.5. The number of H-pyrrole nitrogens is 1. The Morgan fingerprint density at radius 3 is 2.49 bits per heavy atom. The van der Waals surface area contributed by atoms with Gasteiger partial charge >= 0.3 is 0 Å². The molecule has 5 heterocycles. The van der Waals surface area contributed by atoms with Crippen molar-refractivity contribution < 1.29 is 13.6 Å². The normalized spacial score (nSPS) is 18.0. The summed E-state index contributed by atoms with van der Waals surface area (Å²) >= 11 is 0. The first-order valence-corrected chi connectivity index (χ1v) is 13.4. The fraction of sp³-hybridized carbons (Fsp3) is 0.379. The van der Waals surface area contributed by atoms with Gasteiger partial charge in [0.1, 0.15) is 0 Å². The monoisotopic (exact) mass is 531 g/mol. The van der Waals surface area contributed by atoms with Crippen LogP contribution in [0.15, 0.2) is 55.0 Å². The number of aromatic nitrogens is 4. The van der Waals surface area contributed by atoms with Crippen LogP contribution in [0.1, 0.15) is 47.4 Å². The maximum absolute atomic E-state index is 13.5. The molecule has 10 heteroatoms. The number of nitrogens with zero attached hydrogens (tertiary/aromatic N) is 5. The highest BCUT2D eigenvalue weighted by Crippen LogP contribution is 2.30. The van der Waals surface area contributed by atoms with Crippen molar-refractivity contribution in [1.82, 2.24) is 30.0 Å². The molecule has 0 spiro atoms. The zero-order valence-corrected chi connectivity index (χ0v) is 21.7. The third-order valence-corrected chi connectivity index (χ3v) is 7.57. The van der Waals surface area contributed by atoms with Gasteiger partial charge in [-0.15, -0.1) is 0 Å². The predicted octanol–water partition coefficient (Wildman–Crippen LogP) is 5.10. The highest BCUT2D eigenvalue weighted by Gasteiger charge is 2.33. The molecule has 2 aliphatic rings. The van der Waals surface area contributed by atoms with Gasteiger partial charge in [0, 0.05) is 62.4 Å². The summed E-state index contributed by atoms with van der Waals surface area (Å²) in [5.74, 6) is -2.88. The van der Waals surface area contributed by atoms with Crippen LogP contribution in [0.2, 0.25) is 0 Å². The Kier molecular flexibility index (Phi) is 7.05. The van der Waals surface area contributed by atoms with Crippen LogP contribution < -0.4 is 5.32 Å². The van der Waals surface area contributed by atoms with Gasteiger partial charge in [0.2, 0.25) is 0 Å².